The molecule has 1 nitrogen and oxygen atoms in total. The first-order valence-corrected chi connectivity index (χ1v) is 22.5. The number of hydrogen-bond donors (Lipinski definition) is 0. The Morgan fingerprint density at radius 3 is 1.61 bits per heavy atom. The van der Waals surface area contributed by atoms with Crippen LogP contribution in [-0.2, 0) is 22.7 Å². The van der Waals surface area contributed by atoms with Crippen molar-refractivity contribution in [1.29, 1.82) is 0 Å². The van der Waals surface area contributed by atoms with Crippen LogP contribution in [0.1, 0.15) is 12.8 Å². The van der Waals surface area contributed by atoms with Gasteiger partial charge >= 0.3 is 116 Å². The van der Waals surface area contributed by atoms with Crippen LogP contribution in [0.4, 0.5) is 0 Å². The molecule has 1 saturated heterocycles. The Labute approximate surface area is 115 Å². The summed E-state index contributed by atoms with van der Waals surface area (Å²) in [5, 5.41) is 0. The molecule has 0 N–H and O–H groups in total. The summed E-state index contributed by atoms with van der Waals surface area (Å²) in [5.74, 6) is 0. The normalized spacial score (nSPS) is 30.0. The van der Waals surface area contributed by atoms with Gasteiger partial charge in [0.2, 0.25) is 0 Å². The average Bonchev–Trinajstić information content (AvgIpc) is 2.87. The molecule has 96 valence electrons. The third-order valence-corrected chi connectivity index (χ3v) is 79.2. The molecule has 3 rings (SSSR count). The average molecular weight is 354 g/mol. The summed E-state index contributed by atoms with van der Waals surface area (Å²) in [7, 11) is 0. The number of hydrogen-bond acceptors (Lipinski definition) is 1. The molecular formula is C14H22OSi2Zr. The van der Waals surface area contributed by atoms with E-state index in [0.717, 1.165) is 0 Å². The van der Waals surface area contributed by atoms with E-state index in [1.165, 1.54) is 12.8 Å². The molecule has 0 radical (unpaired) electrons. The predicted octanol–water partition coefficient (Wildman–Crippen LogP) is 4.26. The fourth-order valence-electron chi connectivity index (χ4n) is 4.67. The Bertz CT molecular complexity index is 466. The van der Waals surface area contributed by atoms with Gasteiger partial charge in [0.05, 0.1) is 0 Å². The fraction of sp³-hybridized carbons (Fsp3) is 0.429. The van der Waals surface area contributed by atoms with Crippen molar-refractivity contribution in [2.45, 2.75) is 39.0 Å². The molecule has 0 atom stereocenters. The van der Waals surface area contributed by atoms with E-state index >= 15 is 0 Å². The topological polar surface area (TPSA) is 9.23 Å². The first-order valence-electron chi connectivity index (χ1n) is 6.84. The van der Waals surface area contributed by atoms with Crippen LogP contribution in [0, 0.1) is 0 Å². The molecule has 1 aliphatic heterocycles. The molecule has 0 aromatic rings. The van der Waals surface area contributed by atoms with Gasteiger partial charge in [-0.1, -0.05) is 0 Å². The Balaban J connectivity index is 2.14. The van der Waals surface area contributed by atoms with Gasteiger partial charge in [0, 0.05) is 0 Å². The molecule has 0 bridgehead atoms. The van der Waals surface area contributed by atoms with E-state index in [1.54, 1.807) is 0 Å². The molecule has 0 unspecified atom stereocenters. The third-order valence-electron chi connectivity index (χ3n) is 4.82. The van der Waals surface area contributed by atoms with Crippen molar-refractivity contribution in [3.05, 3.63) is 43.0 Å². The van der Waals surface area contributed by atoms with Gasteiger partial charge in [0.15, 0.2) is 0 Å². The van der Waals surface area contributed by atoms with Crippen molar-refractivity contribution >= 4 is 10.9 Å². The summed E-state index contributed by atoms with van der Waals surface area (Å²) in [5.41, 5.74) is -2.88. The maximum atomic E-state index is 6.59. The van der Waals surface area contributed by atoms with Crippen LogP contribution in [0.25, 0.3) is 0 Å². The van der Waals surface area contributed by atoms with Gasteiger partial charge in [-0.3, -0.25) is 0 Å². The summed E-state index contributed by atoms with van der Waals surface area (Å²) in [6.45, 7) is 10.00. The summed E-state index contributed by atoms with van der Waals surface area (Å²) in [6.07, 6.45) is 16.6. The Morgan fingerprint density at radius 2 is 1.33 bits per heavy atom. The quantitative estimate of drug-likeness (QED) is 0.674. The van der Waals surface area contributed by atoms with Gasteiger partial charge in [-0.2, -0.15) is 0 Å². The number of allylic oxidation sites excluding steroid dienone is 8. The summed E-state index contributed by atoms with van der Waals surface area (Å²) in [4.78, 5) is 0. The molecule has 2 aliphatic carbocycles. The Kier molecular flexibility index (Phi) is 3.02. The maximum absolute atomic E-state index is 6.59. The molecular weight excluding hydrogens is 332 g/mol. The first-order chi connectivity index (χ1) is 8.42. The van der Waals surface area contributed by atoms with E-state index < -0.39 is 29.5 Å². The van der Waals surface area contributed by atoms with E-state index in [-0.39, 0.29) is 0 Å². The fourth-order valence-corrected chi connectivity index (χ4v) is 98.5. The number of rotatable bonds is 2. The summed E-state index contributed by atoms with van der Waals surface area (Å²) < 4.78 is 10.3. The van der Waals surface area contributed by atoms with Crippen LogP contribution in [0.15, 0.2) is 43.0 Å². The van der Waals surface area contributed by atoms with Crippen molar-refractivity contribution in [2.24, 2.45) is 0 Å². The van der Waals surface area contributed by atoms with Gasteiger partial charge in [-0.15, -0.1) is 0 Å². The molecule has 4 heteroatoms. The van der Waals surface area contributed by atoms with E-state index in [9.17, 15) is 0 Å². The monoisotopic (exact) mass is 352 g/mol. The van der Waals surface area contributed by atoms with E-state index in [1.807, 2.05) is 6.56 Å². The zero-order chi connectivity index (χ0) is 13.0. The van der Waals surface area contributed by atoms with Crippen molar-refractivity contribution in [2.75, 3.05) is 0 Å². The van der Waals surface area contributed by atoms with Crippen LogP contribution < -0.4 is 0 Å². The van der Waals surface area contributed by atoms with E-state index in [4.69, 9.17) is 4.12 Å². The Hall–Kier alpha value is 0.237. The SMILES string of the molecule is C[Si]1(C)O[Si](C)(C)[Zr]1([C]1=CC=CC1)[C]1=CC=CC1. The third kappa shape index (κ3) is 1.49. The summed E-state index contributed by atoms with van der Waals surface area (Å²) >= 11 is -2.40. The van der Waals surface area contributed by atoms with Crippen molar-refractivity contribution < 1.29 is 22.7 Å². The molecule has 0 aromatic heterocycles. The van der Waals surface area contributed by atoms with Gasteiger partial charge in [-0.25, -0.2) is 0 Å². The van der Waals surface area contributed by atoms with Crippen LogP contribution in [0.2, 0.25) is 26.2 Å². The van der Waals surface area contributed by atoms with Gasteiger partial charge in [-0.05, 0) is 0 Å². The second-order valence-corrected chi connectivity index (χ2v) is 49.8. The first kappa shape index (κ1) is 13.2. The van der Waals surface area contributed by atoms with E-state index in [0.29, 0.717) is 0 Å². The molecule has 0 saturated carbocycles. The molecule has 1 fully saturated rings. The van der Waals surface area contributed by atoms with Crippen molar-refractivity contribution in [3.63, 3.8) is 0 Å². The second kappa shape index (κ2) is 4.11. The second-order valence-electron chi connectivity index (χ2n) is 6.52. The molecule has 3 aliphatic rings. The molecule has 0 amide bonds. The van der Waals surface area contributed by atoms with Gasteiger partial charge in [0.1, 0.15) is 0 Å². The molecule has 0 spiro atoms. The zero-order valence-electron chi connectivity index (χ0n) is 11.8. The predicted molar refractivity (Wildman–Crippen MR) is 79.7 cm³/mol. The summed E-state index contributed by atoms with van der Waals surface area (Å²) in [6, 6.07) is 0. The van der Waals surface area contributed by atoms with Gasteiger partial charge in [0.25, 0.3) is 0 Å². The van der Waals surface area contributed by atoms with Crippen LogP contribution in [0.3, 0.4) is 0 Å². The van der Waals surface area contributed by atoms with Gasteiger partial charge < -0.3 is 0 Å². The van der Waals surface area contributed by atoms with Crippen molar-refractivity contribution in [3.8, 4) is 0 Å². The standard InChI is InChI=1S/2C5H5.C4H12OSi2.Zr/c2*1-2-4-5-3-1;1-6(2)5-7(3)4;/h2*1-3H,4H2;1-4H3;. The minimum absolute atomic E-state index is 1.23. The zero-order valence-corrected chi connectivity index (χ0v) is 16.2. The van der Waals surface area contributed by atoms with Crippen LogP contribution in [-0.4, -0.2) is 10.9 Å². The molecule has 0 aromatic carbocycles. The molecule has 18 heavy (non-hydrogen) atoms. The van der Waals surface area contributed by atoms with E-state index in [2.05, 4.69) is 62.6 Å². The van der Waals surface area contributed by atoms with Crippen molar-refractivity contribution in [1.82, 2.24) is 0 Å². The van der Waals surface area contributed by atoms with Crippen LogP contribution in [0.5, 0.6) is 0 Å². The Morgan fingerprint density at radius 1 is 0.889 bits per heavy atom. The minimum atomic E-state index is -2.40. The van der Waals surface area contributed by atoms with Crippen LogP contribution >= 0.6 is 0 Å². The molecule has 1 heterocycles.